The lowest BCUT2D eigenvalue weighted by atomic mass is 10.1. The zero-order chi connectivity index (χ0) is 18.6. The monoisotopic (exact) mass is 355 g/mol. The van der Waals surface area contributed by atoms with Gasteiger partial charge in [-0.2, -0.15) is 4.73 Å². The van der Waals surface area contributed by atoms with Gasteiger partial charge in [0.05, 0.1) is 29.8 Å². The van der Waals surface area contributed by atoms with Gasteiger partial charge in [0.1, 0.15) is 12.2 Å². The van der Waals surface area contributed by atoms with Crippen LogP contribution in [0.15, 0.2) is 23.1 Å². The molecule has 1 unspecified atom stereocenters. The number of carbonyl (C=O) groups excluding carboxylic acids is 1. The van der Waals surface area contributed by atoms with Crippen molar-refractivity contribution in [3.8, 4) is 0 Å². The maximum absolute atomic E-state index is 13.6. The number of halogens is 2. The molecule has 0 radical (unpaired) electrons. The van der Waals surface area contributed by atoms with Gasteiger partial charge >= 0.3 is 5.97 Å². The maximum Gasteiger partial charge on any atom is 0.343 e. The molecule has 136 valence electrons. The van der Waals surface area contributed by atoms with E-state index in [1.807, 2.05) is 6.92 Å². The lowest BCUT2D eigenvalue weighted by Crippen LogP contribution is -2.28. The summed E-state index contributed by atoms with van der Waals surface area (Å²) in [6, 6.07) is 1.58. The molecule has 0 N–H and O–H groups in total. The van der Waals surface area contributed by atoms with Crippen molar-refractivity contribution in [3.63, 3.8) is 0 Å². The first-order chi connectivity index (χ1) is 11.9. The molecular formula is C17H19F2NO5. The van der Waals surface area contributed by atoms with Crippen LogP contribution in [0.1, 0.15) is 31.1 Å². The number of hydrogen-bond donors (Lipinski definition) is 0. The summed E-state index contributed by atoms with van der Waals surface area (Å²) in [7, 11) is 0. The van der Waals surface area contributed by atoms with E-state index < -0.39 is 23.0 Å². The second-order valence-corrected chi connectivity index (χ2v) is 5.26. The Morgan fingerprint density at radius 1 is 1.20 bits per heavy atom. The SMILES string of the molecule is CCOC(=O)c1cn(OCC(C)OCC)c2cc(F)c(F)cc2c1=O. The van der Waals surface area contributed by atoms with Crippen LogP contribution in [0.4, 0.5) is 8.78 Å². The smallest absolute Gasteiger partial charge is 0.343 e. The molecule has 2 aromatic rings. The first-order valence-corrected chi connectivity index (χ1v) is 7.85. The minimum Gasteiger partial charge on any atom is -0.462 e. The Labute approximate surface area is 142 Å². The number of nitrogens with zero attached hydrogens (tertiary/aromatic N) is 1. The van der Waals surface area contributed by atoms with Crippen LogP contribution < -0.4 is 10.3 Å². The predicted molar refractivity (Wildman–Crippen MR) is 86.6 cm³/mol. The van der Waals surface area contributed by atoms with Gasteiger partial charge < -0.3 is 14.3 Å². The van der Waals surface area contributed by atoms with Crippen LogP contribution >= 0.6 is 0 Å². The molecule has 1 aromatic carbocycles. The van der Waals surface area contributed by atoms with Crippen LogP contribution in [0.25, 0.3) is 10.9 Å². The second kappa shape index (κ2) is 8.06. The number of pyridine rings is 1. The Kier molecular flexibility index (Phi) is 6.08. The molecule has 0 aliphatic rings. The molecule has 25 heavy (non-hydrogen) atoms. The largest absolute Gasteiger partial charge is 0.462 e. The second-order valence-electron chi connectivity index (χ2n) is 5.26. The van der Waals surface area contributed by atoms with Gasteiger partial charge in [-0.1, -0.05) is 0 Å². The Morgan fingerprint density at radius 3 is 2.52 bits per heavy atom. The summed E-state index contributed by atoms with van der Waals surface area (Å²) in [6.45, 7) is 5.79. The first kappa shape index (κ1) is 18.9. The molecule has 0 bridgehead atoms. The summed E-state index contributed by atoms with van der Waals surface area (Å²) in [5.74, 6) is -3.19. The van der Waals surface area contributed by atoms with Crippen LogP contribution in [0.2, 0.25) is 0 Å². The minimum absolute atomic E-state index is 0.000599. The molecule has 0 fully saturated rings. The summed E-state index contributed by atoms with van der Waals surface area (Å²) < 4.78 is 38.4. The molecule has 8 heteroatoms. The van der Waals surface area contributed by atoms with Gasteiger partial charge in [0.2, 0.25) is 5.43 Å². The Balaban J connectivity index is 2.56. The van der Waals surface area contributed by atoms with E-state index in [-0.39, 0.29) is 35.8 Å². The zero-order valence-corrected chi connectivity index (χ0v) is 14.2. The minimum atomic E-state index is -1.19. The van der Waals surface area contributed by atoms with E-state index in [1.54, 1.807) is 13.8 Å². The van der Waals surface area contributed by atoms with Crippen LogP contribution in [0.5, 0.6) is 0 Å². The number of rotatable bonds is 7. The molecule has 0 amide bonds. The van der Waals surface area contributed by atoms with Crippen LogP contribution in [0, 0.1) is 11.6 Å². The van der Waals surface area contributed by atoms with Crippen molar-refractivity contribution < 1.29 is 27.9 Å². The molecule has 0 saturated heterocycles. The number of ether oxygens (including phenoxy) is 2. The van der Waals surface area contributed by atoms with Crippen molar-refractivity contribution >= 4 is 16.9 Å². The average Bonchev–Trinajstić information content (AvgIpc) is 2.56. The summed E-state index contributed by atoms with van der Waals surface area (Å²) >= 11 is 0. The van der Waals surface area contributed by atoms with Gasteiger partial charge in [-0.15, -0.1) is 0 Å². The van der Waals surface area contributed by atoms with Gasteiger partial charge in [0.15, 0.2) is 11.6 Å². The highest BCUT2D eigenvalue weighted by Gasteiger charge is 2.19. The van der Waals surface area contributed by atoms with Crippen molar-refractivity contribution in [1.29, 1.82) is 0 Å². The van der Waals surface area contributed by atoms with E-state index >= 15 is 0 Å². The molecule has 0 aliphatic carbocycles. The van der Waals surface area contributed by atoms with Crippen molar-refractivity contribution in [2.45, 2.75) is 26.9 Å². The molecular weight excluding hydrogens is 336 g/mol. The summed E-state index contributed by atoms with van der Waals surface area (Å²) in [4.78, 5) is 29.9. The van der Waals surface area contributed by atoms with Gasteiger partial charge in [-0.25, -0.2) is 13.6 Å². The van der Waals surface area contributed by atoms with Gasteiger partial charge in [0.25, 0.3) is 0 Å². The van der Waals surface area contributed by atoms with Gasteiger partial charge in [-0.3, -0.25) is 4.79 Å². The molecule has 0 saturated carbocycles. The Hall–Kier alpha value is -2.48. The molecule has 0 spiro atoms. The fraction of sp³-hybridized carbons (Fsp3) is 0.412. The highest BCUT2D eigenvalue weighted by Crippen LogP contribution is 2.17. The highest BCUT2D eigenvalue weighted by molar-refractivity contribution is 5.93. The normalized spacial score (nSPS) is 12.2. The fourth-order valence-corrected chi connectivity index (χ4v) is 2.27. The molecule has 2 rings (SSSR count). The zero-order valence-electron chi connectivity index (χ0n) is 14.2. The van der Waals surface area contributed by atoms with E-state index in [1.165, 1.54) is 0 Å². The van der Waals surface area contributed by atoms with E-state index in [0.717, 1.165) is 23.1 Å². The molecule has 1 aromatic heterocycles. The third-order valence-electron chi connectivity index (χ3n) is 3.41. The van der Waals surface area contributed by atoms with Crippen molar-refractivity contribution in [2.24, 2.45) is 0 Å². The standard InChI is InChI=1S/C17H19F2NO5/c1-4-23-10(3)9-25-20-8-12(17(22)24-5-2)16(21)11-6-13(18)14(19)7-15(11)20/h6-8,10H,4-5,9H2,1-3H3. The number of benzene rings is 1. The van der Waals surface area contributed by atoms with E-state index in [9.17, 15) is 18.4 Å². The summed E-state index contributed by atoms with van der Waals surface area (Å²) in [5.41, 5.74) is -1.09. The Bertz CT molecular complexity index is 834. The van der Waals surface area contributed by atoms with E-state index in [0.29, 0.717) is 6.61 Å². The highest BCUT2D eigenvalue weighted by atomic mass is 19.2. The van der Waals surface area contributed by atoms with Crippen LogP contribution in [0.3, 0.4) is 0 Å². The lowest BCUT2D eigenvalue weighted by molar-refractivity contribution is -0.00473. The first-order valence-electron chi connectivity index (χ1n) is 7.85. The molecule has 6 nitrogen and oxygen atoms in total. The summed E-state index contributed by atoms with van der Waals surface area (Å²) in [6.07, 6.45) is 0.828. The average molecular weight is 355 g/mol. The third kappa shape index (κ3) is 4.14. The maximum atomic E-state index is 13.6. The lowest BCUT2D eigenvalue weighted by Gasteiger charge is -2.17. The van der Waals surface area contributed by atoms with Crippen LogP contribution in [-0.2, 0) is 9.47 Å². The van der Waals surface area contributed by atoms with Gasteiger partial charge in [-0.05, 0) is 26.8 Å². The number of esters is 1. The van der Waals surface area contributed by atoms with Gasteiger partial charge in [0, 0.05) is 12.7 Å². The van der Waals surface area contributed by atoms with Crippen molar-refractivity contribution in [2.75, 3.05) is 19.8 Å². The third-order valence-corrected chi connectivity index (χ3v) is 3.41. The number of aromatic nitrogens is 1. The van der Waals surface area contributed by atoms with Crippen LogP contribution in [-0.4, -0.2) is 36.6 Å². The number of hydrogen-bond acceptors (Lipinski definition) is 5. The molecule has 1 heterocycles. The van der Waals surface area contributed by atoms with Crippen molar-refractivity contribution in [1.82, 2.24) is 4.73 Å². The predicted octanol–water partition coefficient (Wildman–Crippen LogP) is 2.31. The fourth-order valence-electron chi connectivity index (χ4n) is 2.27. The number of carbonyl (C=O) groups is 1. The quantitative estimate of drug-likeness (QED) is 0.713. The number of fused-ring (bicyclic) bond motifs is 1. The topological polar surface area (TPSA) is 66.8 Å². The Morgan fingerprint density at radius 2 is 1.88 bits per heavy atom. The summed E-state index contributed by atoms with van der Waals surface area (Å²) in [5, 5.41) is -0.187. The van der Waals surface area contributed by atoms with E-state index in [2.05, 4.69) is 0 Å². The van der Waals surface area contributed by atoms with Crippen molar-refractivity contribution in [3.05, 3.63) is 45.8 Å². The van der Waals surface area contributed by atoms with E-state index in [4.69, 9.17) is 14.3 Å². The molecule has 0 aliphatic heterocycles. The molecule has 1 atom stereocenters.